The van der Waals surface area contributed by atoms with Gasteiger partial charge in [-0.15, -0.1) is 0 Å². The van der Waals surface area contributed by atoms with Gasteiger partial charge in [0.1, 0.15) is 5.72 Å². The van der Waals surface area contributed by atoms with Crippen molar-refractivity contribution >= 4 is 32.8 Å². The first-order valence-electron chi connectivity index (χ1n) is 12.5. The standard InChI is InChI=1S/C27H36N2O7S2/c1-19(2)17-29(38(33,34)23-10-11-24-25(15-23)36-18-35-24)27(32,16-22-8-6-5-7-9-22)12-13-28-26(31)14-20(3)37-21(4)30/h5-11,15,19-20,32H,12-14,16-18H2,1-4H3,(H,28,31). The first-order valence-corrected chi connectivity index (χ1v) is 14.9. The molecule has 38 heavy (non-hydrogen) atoms. The summed E-state index contributed by atoms with van der Waals surface area (Å²) in [6.45, 7) is 7.11. The lowest BCUT2D eigenvalue weighted by Crippen LogP contribution is -2.55. The van der Waals surface area contributed by atoms with Crippen LogP contribution in [0.15, 0.2) is 53.4 Å². The predicted octanol–water partition coefficient (Wildman–Crippen LogP) is 3.56. The van der Waals surface area contributed by atoms with Gasteiger partial charge < -0.3 is 19.9 Å². The number of carbonyl (C=O) groups is 2. The van der Waals surface area contributed by atoms with Crippen molar-refractivity contribution in [1.29, 1.82) is 0 Å². The van der Waals surface area contributed by atoms with Crippen LogP contribution < -0.4 is 14.8 Å². The zero-order valence-corrected chi connectivity index (χ0v) is 23.8. The van der Waals surface area contributed by atoms with Gasteiger partial charge in [-0.3, -0.25) is 9.59 Å². The van der Waals surface area contributed by atoms with Crippen LogP contribution in [0.3, 0.4) is 0 Å². The SMILES string of the molecule is CC(=O)SC(C)CC(=O)NCCC(O)(Cc1ccccc1)N(CC(C)C)S(=O)(=O)c1ccc2c(c1)OCO2. The van der Waals surface area contributed by atoms with Crippen molar-refractivity contribution in [1.82, 2.24) is 9.62 Å². The van der Waals surface area contributed by atoms with Gasteiger partial charge in [-0.2, -0.15) is 4.31 Å². The largest absolute Gasteiger partial charge is 0.454 e. The van der Waals surface area contributed by atoms with Crippen LogP contribution in [0.2, 0.25) is 0 Å². The molecule has 0 saturated heterocycles. The zero-order valence-electron chi connectivity index (χ0n) is 22.2. The summed E-state index contributed by atoms with van der Waals surface area (Å²) in [6.07, 6.45) is 0.113. The van der Waals surface area contributed by atoms with Gasteiger partial charge >= 0.3 is 0 Å². The number of nitrogens with one attached hydrogen (secondary N) is 1. The molecule has 2 aromatic carbocycles. The summed E-state index contributed by atoms with van der Waals surface area (Å²) in [7, 11) is -4.18. The number of thioether (sulfide) groups is 1. The van der Waals surface area contributed by atoms with E-state index in [1.54, 1.807) is 13.0 Å². The van der Waals surface area contributed by atoms with Crippen LogP contribution in [0, 0.1) is 5.92 Å². The van der Waals surface area contributed by atoms with E-state index in [-0.39, 0.29) is 66.2 Å². The number of amides is 1. The third-order valence-electron chi connectivity index (χ3n) is 5.94. The lowest BCUT2D eigenvalue weighted by Gasteiger charge is -2.40. The van der Waals surface area contributed by atoms with Crippen LogP contribution in [0.25, 0.3) is 0 Å². The second kappa shape index (κ2) is 13.0. The van der Waals surface area contributed by atoms with Crippen molar-refractivity contribution in [2.75, 3.05) is 19.9 Å². The Labute approximate surface area is 228 Å². The van der Waals surface area contributed by atoms with Gasteiger partial charge in [-0.05, 0) is 23.6 Å². The molecule has 3 rings (SSSR count). The van der Waals surface area contributed by atoms with Crippen LogP contribution in [-0.4, -0.2) is 59.7 Å². The topological polar surface area (TPSA) is 122 Å². The van der Waals surface area contributed by atoms with Gasteiger partial charge in [-0.1, -0.05) is 62.9 Å². The summed E-state index contributed by atoms with van der Waals surface area (Å²) in [5.74, 6) is 0.410. The minimum atomic E-state index is -4.18. The summed E-state index contributed by atoms with van der Waals surface area (Å²) < 4.78 is 39.8. The minimum Gasteiger partial charge on any atom is -0.454 e. The molecule has 1 heterocycles. The van der Waals surface area contributed by atoms with Gasteiger partial charge in [0, 0.05) is 50.6 Å². The van der Waals surface area contributed by atoms with Crippen molar-refractivity contribution in [3.05, 3.63) is 54.1 Å². The average molecular weight is 565 g/mol. The number of hydrogen-bond acceptors (Lipinski definition) is 8. The Morgan fingerprint density at radius 1 is 1.11 bits per heavy atom. The fourth-order valence-corrected chi connectivity index (χ4v) is 6.92. The molecule has 2 aromatic rings. The number of ether oxygens (including phenoxy) is 2. The Morgan fingerprint density at radius 2 is 1.79 bits per heavy atom. The Bertz CT molecular complexity index is 1220. The third kappa shape index (κ3) is 7.95. The molecule has 1 amide bonds. The number of benzene rings is 2. The van der Waals surface area contributed by atoms with Crippen LogP contribution >= 0.6 is 11.8 Å². The second-order valence-corrected chi connectivity index (χ2v) is 13.3. The van der Waals surface area contributed by atoms with Gasteiger partial charge in [-0.25, -0.2) is 8.42 Å². The summed E-state index contributed by atoms with van der Waals surface area (Å²) in [4.78, 5) is 23.8. The smallest absolute Gasteiger partial charge is 0.245 e. The fraction of sp³-hybridized carbons (Fsp3) is 0.481. The van der Waals surface area contributed by atoms with Gasteiger partial charge in [0.15, 0.2) is 16.6 Å². The average Bonchev–Trinajstić information content (AvgIpc) is 3.30. The molecule has 0 aliphatic carbocycles. The Morgan fingerprint density at radius 3 is 2.45 bits per heavy atom. The number of rotatable bonds is 13. The van der Waals surface area contributed by atoms with Crippen LogP contribution in [-0.2, 0) is 26.0 Å². The second-order valence-electron chi connectivity index (χ2n) is 9.81. The third-order valence-corrected chi connectivity index (χ3v) is 8.76. The zero-order chi connectivity index (χ0) is 27.9. The molecule has 0 bridgehead atoms. The first kappa shape index (κ1) is 29.9. The van der Waals surface area contributed by atoms with Gasteiger partial charge in [0.2, 0.25) is 22.7 Å². The molecule has 2 N–H and O–H groups in total. The van der Waals surface area contributed by atoms with Gasteiger partial charge in [0.05, 0.1) is 4.90 Å². The van der Waals surface area contributed by atoms with Crippen LogP contribution in [0.1, 0.15) is 46.1 Å². The van der Waals surface area contributed by atoms with E-state index in [1.165, 1.54) is 19.1 Å². The van der Waals surface area contributed by atoms with Crippen molar-refractivity contribution < 1.29 is 32.6 Å². The highest BCUT2D eigenvalue weighted by molar-refractivity contribution is 8.14. The molecular weight excluding hydrogens is 528 g/mol. The highest BCUT2D eigenvalue weighted by Crippen LogP contribution is 2.37. The summed E-state index contributed by atoms with van der Waals surface area (Å²) in [5.41, 5.74) is -1.09. The predicted molar refractivity (Wildman–Crippen MR) is 146 cm³/mol. The fourth-order valence-electron chi connectivity index (χ4n) is 4.27. The molecule has 11 heteroatoms. The highest BCUT2D eigenvalue weighted by Gasteiger charge is 2.43. The maximum Gasteiger partial charge on any atom is 0.245 e. The van der Waals surface area contributed by atoms with Crippen molar-refractivity contribution in [3.8, 4) is 11.5 Å². The van der Waals surface area contributed by atoms with Crippen molar-refractivity contribution in [2.24, 2.45) is 5.92 Å². The molecule has 0 aromatic heterocycles. The Kier molecular flexibility index (Phi) is 10.2. The van der Waals surface area contributed by atoms with E-state index >= 15 is 0 Å². The lowest BCUT2D eigenvalue weighted by molar-refractivity contribution is -0.121. The minimum absolute atomic E-state index is 0.00965. The maximum absolute atomic E-state index is 14.0. The number of aliphatic hydroxyl groups is 1. The van der Waals surface area contributed by atoms with E-state index in [1.807, 2.05) is 44.2 Å². The Balaban J connectivity index is 1.89. The summed E-state index contributed by atoms with van der Waals surface area (Å²) >= 11 is 1.09. The van der Waals surface area contributed by atoms with Crippen LogP contribution in [0.4, 0.5) is 0 Å². The lowest BCUT2D eigenvalue weighted by atomic mass is 9.98. The molecule has 1 aliphatic rings. The summed E-state index contributed by atoms with van der Waals surface area (Å²) in [6, 6.07) is 13.5. The number of fused-ring (bicyclic) bond motifs is 1. The van der Waals surface area contributed by atoms with E-state index in [0.717, 1.165) is 21.6 Å². The van der Waals surface area contributed by atoms with E-state index in [0.29, 0.717) is 11.5 Å². The first-order chi connectivity index (χ1) is 17.9. The molecule has 0 radical (unpaired) electrons. The maximum atomic E-state index is 14.0. The molecule has 9 nitrogen and oxygen atoms in total. The normalized spacial score (nSPS) is 15.3. The van der Waals surface area contributed by atoms with E-state index in [4.69, 9.17) is 9.47 Å². The van der Waals surface area contributed by atoms with Crippen molar-refractivity contribution in [3.63, 3.8) is 0 Å². The highest BCUT2D eigenvalue weighted by atomic mass is 32.2. The molecular formula is C27H36N2O7S2. The van der Waals surface area contributed by atoms with E-state index in [9.17, 15) is 23.1 Å². The monoisotopic (exact) mass is 564 g/mol. The quantitative estimate of drug-likeness (QED) is 0.354. The molecule has 0 fully saturated rings. The molecule has 0 saturated carbocycles. The number of nitrogens with zero attached hydrogens (tertiary/aromatic N) is 1. The van der Waals surface area contributed by atoms with E-state index < -0.39 is 15.7 Å². The van der Waals surface area contributed by atoms with Gasteiger partial charge in [0.25, 0.3) is 0 Å². The molecule has 0 spiro atoms. The number of sulfonamides is 1. The number of hydrogen-bond donors (Lipinski definition) is 2. The number of carbonyl (C=O) groups excluding carboxylic acids is 2. The molecule has 2 atom stereocenters. The van der Waals surface area contributed by atoms with Crippen molar-refractivity contribution in [2.45, 2.75) is 62.8 Å². The molecule has 208 valence electrons. The molecule has 2 unspecified atom stereocenters. The van der Waals surface area contributed by atoms with E-state index in [2.05, 4.69) is 5.32 Å². The van der Waals surface area contributed by atoms with Crippen LogP contribution in [0.5, 0.6) is 11.5 Å². The Hall–Kier alpha value is -2.60. The summed E-state index contributed by atoms with van der Waals surface area (Å²) in [5, 5.41) is 14.6. The molecule has 1 aliphatic heterocycles.